The highest BCUT2D eigenvalue weighted by Crippen LogP contribution is 2.49. The lowest BCUT2D eigenvalue weighted by molar-refractivity contribution is 0.444. The number of nitrogens with one attached hydrogen (secondary N) is 2. The summed E-state index contributed by atoms with van der Waals surface area (Å²) < 4.78 is 26.3. The highest BCUT2D eigenvalue weighted by Gasteiger charge is 2.45. The Morgan fingerprint density at radius 2 is 2.04 bits per heavy atom. The van der Waals surface area contributed by atoms with Crippen LogP contribution < -0.4 is 10.6 Å². The van der Waals surface area contributed by atoms with Crippen molar-refractivity contribution in [3.63, 3.8) is 0 Å². The van der Waals surface area contributed by atoms with Crippen LogP contribution in [0.25, 0.3) is 0 Å². The zero-order valence-corrected chi connectivity index (χ0v) is 19.6. The number of aliphatic imine (C=N–C) groups is 1. The first-order valence-electron chi connectivity index (χ1n) is 8.64. The largest absolute Gasteiger partial charge is 0.356 e. The van der Waals surface area contributed by atoms with Crippen molar-refractivity contribution in [3.05, 3.63) is 34.3 Å². The molecular weight excluding hydrogens is 531 g/mol. The average molecular weight is 557 g/mol. The number of halogens is 2. The van der Waals surface area contributed by atoms with Crippen molar-refractivity contribution in [3.8, 4) is 0 Å². The van der Waals surface area contributed by atoms with Crippen molar-refractivity contribution in [1.29, 1.82) is 0 Å². The first-order chi connectivity index (χ1) is 12.0. The van der Waals surface area contributed by atoms with Crippen molar-refractivity contribution in [2.75, 3.05) is 39.0 Å². The predicted molar refractivity (Wildman–Crippen MR) is 120 cm³/mol. The van der Waals surface area contributed by atoms with Gasteiger partial charge < -0.3 is 10.6 Å². The van der Waals surface area contributed by atoms with Crippen molar-refractivity contribution in [2.45, 2.75) is 24.7 Å². The van der Waals surface area contributed by atoms with Crippen molar-refractivity contribution < 1.29 is 8.42 Å². The number of guanidine groups is 1. The van der Waals surface area contributed by atoms with Crippen LogP contribution in [0.1, 0.15) is 24.8 Å². The summed E-state index contributed by atoms with van der Waals surface area (Å²) in [6.45, 7) is 2.48. The van der Waals surface area contributed by atoms with Crippen molar-refractivity contribution >= 4 is 55.9 Å². The summed E-state index contributed by atoms with van der Waals surface area (Å²) in [5, 5.41) is 6.62. The topological polar surface area (TPSA) is 73.8 Å². The van der Waals surface area contributed by atoms with Crippen molar-refractivity contribution in [1.82, 2.24) is 14.9 Å². The summed E-state index contributed by atoms with van der Waals surface area (Å²) in [5.41, 5.74) is 1.50. The Balaban J connectivity index is 0.00000243. The molecule has 3 rings (SSSR count). The summed E-state index contributed by atoms with van der Waals surface area (Å²) in [7, 11) is -1.29. The van der Waals surface area contributed by atoms with Crippen LogP contribution in [0.4, 0.5) is 0 Å². The van der Waals surface area contributed by atoms with Gasteiger partial charge in [0.2, 0.25) is 10.0 Å². The predicted octanol–water partition coefficient (Wildman–Crippen LogP) is 2.30. The smallest absolute Gasteiger partial charge is 0.214 e. The molecule has 1 aliphatic heterocycles. The summed E-state index contributed by atoms with van der Waals surface area (Å²) in [6, 6.07) is 8.36. The van der Waals surface area contributed by atoms with Crippen LogP contribution in [0.15, 0.2) is 33.7 Å². The number of rotatable bonds is 6. The Morgan fingerprint density at radius 1 is 1.31 bits per heavy atom. The maximum Gasteiger partial charge on any atom is 0.214 e. The normalized spacial score (nSPS) is 21.1. The van der Waals surface area contributed by atoms with Gasteiger partial charge in [0.05, 0.1) is 5.75 Å². The number of hydrogen-bond acceptors (Lipinski definition) is 3. The third-order valence-corrected chi connectivity index (χ3v) is 7.62. The van der Waals surface area contributed by atoms with Gasteiger partial charge in [-0.2, -0.15) is 0 Å². The van der Waals surface area contributed by atoms with E-state index in [0.717, 1.165) is 36.2 Å². The van der Waals surface area contributed by atoms with Gasteiger partial charge in [-0.1, -0.05) is 34.1 Å². The Kier molecular flexibility index (Phi) is 7.75. The van der Waals surface area contributed by atoms with Gasteiger partial charge in [-0.25, -0.2) is 12.7 Å². The molecule has 2 aliphatic rings. The molecule has 1 aliphatic carbocycles. The fourth-order valence-electron chi connectivity index (χ4n) is 3.30. The number of nitrogens with zero attached hydrogens (tertiary/aromatic N) is 2. The Labute approximate surface area is 181 Å². The molecule has 0 amide bonds. The van der Waals surface area contributed by atoms with Crippen LogP contribution in [0.3, 0.4) is 0 Å². The molecule has 0 atom stereocenters. The van der Waals surface area contributed by atoms with Crippen LogP contribution in [0.2, 0.25) is 0 Å². The van der Waals surface area contributed by atoms with Crippen LogP contribution >= 0.6 is 39.9 Å². The minimum atomic E-state index is -3.03. The Morgan fingerprint density at radius 3 is 2.62 bits per heavy atom. The highest BCUT2D eigenvalue weighted by molar-refractivity contribution is 14.0. The zero-order valence-electron chi connectivity index (χ0n) is 14.9. The minimum Gasteiger partial charge on any atom is -0.356 e. The number of benzene rings is 1. The maximum atomic E-state index is 11.8. The molecular formula is C17H26BrIN4O2S. The molecule has 2 fully saturated rings. The third-order valence-electron chi connectivity index (χ3n) is 4.97. The van der Waals surface area contributed by atoms with E-state index in [-0.39, 0.29) is 35.1 Å². The second-order valence-corrected chi connectivity index (χ2v) is 9.62. The summed E-state index contributed by atoms with van der Waals surface area (Å²) in [4.78, 5) is 4.25. The second kappa shape index (κ2) is 9.20. The first kappa shape index (κ1) is 21.9. The lowest BCUT2D eigenvalue weighted by atomic mass is 9.96. The average Bonchev–Trinajstić information content (AvgIpc) is 3.29. The fraction of sp³-hybridized carbons (Fsp3) is 0.588. The summed E-state index contributed by atoms with van der Waals surface area (Å²) in [5.74, 6) is 0.990. The molecule has 2 N–H and O–H groups in total. The first-order valence-corrected chi connectivity index (χ1v) is 11.0. The number of sulfonamides is 1. The molecule has 1 aromatic rings. The quantitative estimate of drug-likeness (QED) is 0.320. The standard InChI is InChI=1S/C17H25BrN4O2S.HI/c1-19-16(20-9-11-22-10-4-12-25(22,23)24)21-13-17(7-8-17)14-5-2-3-6-15(14)18;/h2-3,5-6H,4,7-13H2,1H3,(H2,19,20,21);1H. The highest BCUT2D eigenvalue weighted by atomic mass is 127. The Hall–Kier alpha value is -0.390. The van der Waals surface area contributed by atoms with Gasteiger partial charge in [0.15, 0.2) is 5.96 Å². The maximum absolute atomic E-state index is 11.8. The molecule has 0 radical (unpaired) electrons. The van der Waals surface area contributed by atoms with E-state index in [1.807, 2.05) is 6.07 Å². The fourth-order valence-corrected chi connectivity index (χ4v) is 5.53. The molecule has 0 aromatic heterocycles. The van der Waals surface area contributed by atoms with E-state index in [2.05, 4.69) is 49.8 Å². The van der Waals surface area contributed by atoms with Gasteiger partial charge in [-0.15, -0.1) is 24.0 Å². The molecule has 146 valence electrons. The molecule has 6 nitrogen and oxygen atoms in total. The van der Waals surface area contributed by atoms with Gasteiger partial charge in [-0.3, -0.25) is 4.99 Å². The molecule has 1 aromatic carbocycles. The Bertz CT molecular complexity index is 753. The van der Waals surface area contributed by atoms with Crippen LogP contribution in [-0.4, -0.2) is 57.7 Å². The third kappa shape index (κ3) is 5.11. The minimum absolute atomic E-state index is 0. The molecule has 0 spiro atoms. The van der Waals surface area contributed by atoms with Gasteiger partial charge >= 0.3 is 0 Å². The van der Waals surface area contributed by atoms with Gasteiger partial charge in [0.25, 0.3) is 0 Å². The summed E-state index contributed by atoms with van der Waals surface area (Å²) >= 11 is 3.65. The number of hydrogen-bond donors (Lipinski definition) is 2. The van der Waals surface area contributed by atoms with E-state index in [1.54, 1.807) is 11.4 Å². The zero-order chi connectivity index (χ0) is 17.9. The molecule has 1 saturated carbocycles. The second-order valence-electron chi connectivity index (χ2n) is 6.68. The van der Waals surface area contributed by atoms with E-state index >= 15 is 0 Å². The molecule has 1 saturated heterocycles. The van der Waals surface area contributed by atoms with E-state index in [1.165, 1.54) is 5.56 Å². The van der Waals surface area contributed by atoms with Crippen LogP contribution in [-0.2, 0) is 15.4 Å². The van der Waals surface area contributed by atoms with Gasteiger partial charge in [-0.05, 0) is 30.9 Å². The lowest BCUT2D eigenvalue weighted by Crippen LogP contribution is -2.44. The lowest BCUT2D eigenvalue weighted by Gasteiger charge is -2.21. The molecule has 26 heavy (non-hydrogen) atoms. The molecule has 0 bridgehead atoms. The van der Waals surface area contributed by atoms with E-state index in [0.29, 0.717) is 19.6 Å². The van der Waals surface area contributed by atoms with Gasteiger partial charge in [0.1, 0.15) is 0 Å². The van der Waals surface area contributed by atoms with Crippen molar-refractivity contribution in [2.24, 2.45) is 4.99 Å². The van der Waals surface area contributed by atoms with E-state index in [4.69, 9.17) is 0 Å². The molecule has 0 unspecified atom stereocenters. The van der Waals surface area contributed by atoms with Crippen LogP contribution in [0, 0.1) is 0 Å². The van der Waals surface area contributed by atoms with Crippen LogP contribution in [0.5, 0.6) is 0 Å². The molecule has 9 heteroatoms. The SMILES string of the molecule is CN=C(NCCN1CCCS1(=O)=O)NCC1(c2ccccc2Br)CC1.I. The molecule has 1 heterocycles. The monoisotopic (exact) mass is 556 g/mol. The van der Waals surface area contributed by atoms with E-state index in [9.17, 15) is 8.42 Å². The van der Waals surface area contributed by atoms with Gasteiger partial charge in [0, 0.05) is 43.1 Å². The van der Waals surface area contributed by atoms with E-state index < -0.39 is 10.0 Å². The summed E-state index contributed by atoms with van der Waals surface area (Å²) in [6.07, 6.45) is 3.04.